The first-order chi connectivity index (χ1) is 18.4. The molecule has 1 aliphatic carbocycles. The lowest BCUT2D eigenvalue weighted by Gasteiger charge is -2.52. The molecule has 1 saturated heterocycles. The summed E-state index contributed by atoms with van der Waals surface area (Å²) >= 11 is 1.55. The number of carbonyl (C=O) groups is 2. The summed E-state index contributed by atoms with van der Waals surface area (Å²) in [6.07, 6.45) is 10.4. The predicted octanol–water partition coefficient (Wildman–Crippen LogP) is 3.92. The highest BCUT2D eigenvalue weighted by molar-refractivity contribution is 7.17. The van der Waals surface area contributed by atoms with Gasteiger partial charge in [0.2, 0.25) is 5.79 Å². The van der Waals surface area contributed by atoms with Crippen LogP contribution in [0.5, 0.6) is 0 Å². The molecule has 1 aromatic carbocycles. The van der Waals surface area contributed by atoms with Crippen LogP contribution in [0.15, 0.2) is 34.9 Å². The number of urea groups is 1. The number of anilines is 1. The van der Waals surface area contributed by atoms with Crippen molar-refractivity contribution in [1.29, 1.82) is 0 Å². The largest absolute Gasteiger partial charge is 0.481 e. The van der Waals surface area contributed by atoms with Gasteiger partial charge >= 0.3 is 12.0 Å². The molecule has 0 spiro atoms. The van der Waals surface area contributed by atoms with Crippen molar-refractivity contribution >= 4 is 45.5 Å². The third kappa shape index (κ3) is 4.76. The number of aliphatic imine (C=N–C) groups is 1. The Labute approximate surface area is 226 Å². The van der Waals surface area contributed by atoms with E-state index in [1.807, 2.05) is 35.7 Å². The van der Waals surface area contributed by atoms with Gasteiger partial charge in [0.05, 0.1) is 27.1 Å². The Kier molecular flexibility index (Phi) is 7.41. The highest BCUT2D eigenvalue weighted by Gasteiger charge is 2.57. The number of hydrogen-bond donors (Lipinski definition) is 4. The van der Waals surface area contributed by atoms with Gasteiger partial charge in [0.15, 0.2) is 0 Å². The monoisotopic (exact) mass is 534 g/mol. The Hall–Kier alpha value is -3.42. The number of carboxylic acid groups (broad SMARTS) is 1. The molecule has 38 heavy (non-hydrogen) atoms. The molecule has 10 heteroatoms. The Bertz CT molecular complexity index is 1340. The first-order valence-corrected chi connectivity index (χ1v) is 14.2. The minimum absolute atomic E-state index is 0.365. The van der Waals surface area contributed by atoms with Crippen LogP contribution in [-0.2, 0) is 4.79 Å². The molecule has 2 aromatic rings. The summed E-state index contributed by atoms with van der Waals surface area (Å²) in [5.41, 5.74) is 3.10. The SMILES string of the molecule is CCNC(=O)NC1(C2CNCCC2(C)C(=O)O)N=CC=CN1c1cc(C#CC2CCCC2)c2scnc2c1. The van der Waals surface area contributed by atoms with Gasteiger partial charge in [-0.2, -0.15) is 0 Å². The van der Waals surface area contributed by atoms with Crippen LogP contribution in [0.1, 0.15) is 51.5 Å². The average Bonchev–Trinajstić information content (AvgIpc) is 3.60. The molecule has 2 amide bonds. The molecule has 0 radical (unpaired) electrons. The zero-order valence-corrected chi connectivity index (χ0v) is 22.6. The Morgan fingerprint density at radius 3 is 2.89 bits per heavy atom. The standard InChI is InChI=1S/C28H34N6O3S/c1-3-30-26(37)33-28(23-17-29-13-11-27(23,2)25(35)36)32-12-6-14-34(28)21-15-20(10-9-19-7-4-5-8-19)24-22(16-21)31-18-38-24/h6,12,14-16,18-19,23,29H,3-5,7-8,11,13,17H2,1-2H3,(H,35,36)(H2,30,33,37). The first kappa shape index (κ1) is 26.2. The van der Waals surface area contributed by atoms with Crippen molar-refractivity contribution in [3.8, 4) is 11.8 Å². The number of hydrogen-bond acceptors (Lipinski definition) is 7. The summed E-state index contributed by atoms with van der Waals surface area (Å²) in [7, 11) is 0. The zero-order chi connectivity index (χ0) is 26.8. The molecule has 3 unspecified atom stereocenters. The van der Waals surface area contributed by atoms with E-state index in [0.29, 0.717) is 32.0 Å². The number of benzene rings is 1. The number of thiazole rings is 1. The van der Waals surface area contributed by atoms with E-state index in [-0.39, 0.29) is 0 Å². The number of carbonyl (C=O) groups excluding carboxylic acids is 1. The van der Waals surface area contributed by atoms with Gasteiger partial charge in [-0.3, -0.25) is 10.1 Å². The maximum Gasteiger partial charge on any atom is 0.318 e. The number of carboxylic acids is 1. The number of rotatable bonds is 5. The molecule has 1 aromatic heterocycles. The predicted molar refractivity (Wildman–Crippen MR) is 150 cm³/mol. The van der Waals surface area contributed by atoms with Crippen LogP contribution < -0.4 is 20.9 Å². The molecular formula is C28H34N6O3S. The molecular weight excluding hydrogens is 500 g/mol. The molecule has 9 nitrogen and oxygen atoms in total. The second kappa shape index (κ2) is 10.8. The molecule has 2 aliphatic heterocycles. The minimum Gasteiger partial charge on any atom is -0.481 e. The topological polar surface area (TPSA) is 119 Å². The van der Waals surface area contributed by atoms with Gasteiger partial charge in [0, 0.05) is 42.7 Å². The summed E-state index contributed by atoms with van der Waals surface area (Å²) in [6, 6.07) is 3.55. The van der Waals surface area contributed by atoms with E-state index in [9.17, 15) is 14.7 Å². The van der Waals surface area contributed by atoms with Crippen molar-refractivity contribution < 1.29 is 14.7 Å². The van der Waals surface area contributed by atoms with Crippen LogP contribution >= 0.6 is 11.3 Å². The van der Waals surface area contributed by atoms with Crippen molar-refractivity contribution in [1.82, 2.24) is 20.9 Å². The van der Waals surface area contributed by atoms with Crippen LogP contribution in [0.2, 0.25) is 0 Å². The number of fused-ring (bicyclic) bond motifs is 1. The van der Waals surface area contributed by atoms with E-state index in [4.69, 9.17) is 4.99 Å². The second-order valence-electron chi connectivity index (χ2n) is 10.4. The van der Waals surface area contributed by atoms with Crippen molar-refractivity contribution in [3.05, 3.63) is 35.5 Å². The zero-order valence-electron chi connectivity index (χ0n) is 21.8. The molecule has 0 bridgehead atoms. The number of piperidine rings is 1. The lowest BCUT2D eigenvalue weighted by atomic mass is 9.68. The van der Waals surface area contributed by atoms with E-state index < -0.39 is 29.1 Å². The summed E-state index contributed by atoms with van der Waals surface area (Å²) in [5, 5.41) is 19.6. The summed E-state index contributed by atoms with van der Waals surface area (Å²) < 4.78 is 1.01. The maximum absolute atomic E-state index is 13.1. The van der Waals surface area contributed by atoms with Crippen LogP contribution in [0.3, 0.4) is 0 Å². The number of nitrogens with zero attached hydrogens (tertiary/aromatic N) is 3. The fourth-order valence-corrected chi connectivity index (χ4v) is 6.56. The number of aromatic nitrogens is 1. The van der Waals surface area contributed by atoms with Gasteiger partial charge in [-0.15, -0.1) is 11.3 Å². The smallest absolute Gasteiger partial charge is 0.318 e. The van der Waals surface area contributed by atoms with Gasteiger partial charge in [0.25, 0.3) is 0 Å². The third-order valence-electron chi connectivity index (χ3n) is 7.97. The van der Waals surface area contributed by atoms with Gasteiger partial charge in [-0.1, -0.05) is 24.7 Å². The number of amides is 2. The lowest BCUT2D eigenvalue weighted by Crippen LogP contribution is -2.71. The Balaban J connectivity index is 1.65. The van der Waals surface area contributed by atoms with Crippen LogP contribution in [-0.4, -0.2) is 53.7 Å². The molecule has 1 saturated carbocycles. The van der Waals surface area contributed by atoms with Gasteiger partial charge in [-0.25, -0.2) is 14.8 Å². The van der Waals surface area contributed by atoms with Crippen molar-refractivity contribution in [3.63, 3.8) is 0 Å². The molecule has 3 heterocycles. The molecule has 2 fully saturated rings. The van der Waals surface area contributed by atoms with Crippen molar-refractivity contribution in [2.45, 2.75) is 51.7 Å². The van der Waals surface area contributed by atoms with E-state index in [1.54, 1.807) is 30.6 Å². The third-order valence-corrected chi connectivity index (χ3v) is 8.84. The number of nitrogens with one attached hydrogen (secondary N) is 3. The van der Waals surface area contributed by atoms with Gasteiger partial charge in [0.1, 0.15) is 0 Å². The number of aliphatic carboxylic acids is 1. The molecule has 3 aliphatic rings. The fraction of sp³-hybridized carbons (Fsp3) is 0.500. The van der Waals surface area contributed by atoms with E-state index >= 15 is 0 Å². The summed E-state index contributed by atoms with van der Waals surface area (Å²) in [6.45, 7) is 4.94. The van der Waals surface area contributed by atoms with Crippen molar-refractivity contribution in [2.75, 3.05) is 24.5 Å². The molecule has 4 N–H and O–H groups in total. The Morgan fingerprint density at radius 2 is 2.13 bits per heavy atom. The lowest BCUT2D eigenvalue weighted by molar-refractivity contribution is -0.155. The highest BCUT2D eigenvalue weighted by atomic mass is 32.1. The summed E-state index contributed by atoms with van der Waals surface area (Å²) in [5.74, 6) is 4.39. The molecule has 3 atom stereocenters. The molecule has 5 rings (SSSR count). The second-order valence-corrected chi connectivity index (χ2v) is 11.2. The van der Waals surface area contributed by atoms with Gasteiger partial charge in [-0.05, 0) is 57.9 Å². The van der Waals surface area contributed by atoms with Crippen LogP contribution in [0.25, 0.3) is 10.2 Å². The highest BCUT2D eigenvalue weighted by Crippen LogP contribution is 2.45. The Morgan fingerprint density at radius 1 is 1.32 bits per heavy atom. The first-order valence-electron chi connectivity index (χ1n) is 13.3. The summed E-state index contributed by atoms with van der Waals surface area (Å²) in [4.78, 5) is 37.0. The van der Waals surface area contributed by atoms with E-state index in [0.717, 1.165) is 34.3 Å². The quantitative estimate of drug-likeness (QED) is 0.432. The van der Waals surface area contributed by atoms with Crippen molar-refractivity contribution in [2.24, 2.45) is 22.2 Å². The van der Waals surface area contributed by atoms with Crippen LogP contribution in [0, 0.1) is 29.1 Å². The van der Waals surface area contributed by atoms with E-state index in [1.165, 1.54) is 12.8 Å². The van der Waals surface area contributed by atoms with Crippen LogP contribution in [0.4, 0.5) is 10.5 Å². The fourth-order valence-electron chi connectivity index (χ4n) is 5.82. The molecule has 200 valence electrons. The van der Waals surface area contributed by atoms with Gasteiger partial charge < -0.3 is 20.6 Å². The normalized spacial score (nSPS) is 27.2. The average molecular weight is 535 g/mol. The maximum atomic E-state index is 13.1. The minimum atomic E-state index is -1.39. The number of allylic oxidation sites excluding steroid dienone is 1. The van der Waals surface area contributed by atoms with E-state index in [2.05, 4.69) is 32.8 Å².